The van der Waals surface area contributed by atoms with Crippen LogP contribution < -0.4 is 10.6 Å². The zero-order valence-electron chi connectivity index (χ0n) is 24.1. The van der Waals surface area contributed by atoms with Crippen molar-refractivity contribution in [3.05, 3.63) is 148 Å². The number of anilines is 2. The molecule has 44 heavy (non-hydrogen) atoms. The fraction of sp³-hybridized carbons (Fsp3) is 0.132. The number of aromatic nitrogens is 1. The second-order valence-electron chi connectivity index (χ2n) is 12.0. The van der Waals surface area contributed by atoms with Crippen molar-refractivity contribution in [2.24, 2.45) is 5.41 Å². The van der Waals surface area contributed by atoms with E-state index in [0.29, 0.717) is 10.7 Å². The highest BCUT2D eigenvalue weighted by molar-refractivity contribution is 7.14. The molecule has 3 aliphatic rings. The van der Waals surface area contributed by atoms with Crippen molar-refractivity contribution < 1.29 is 9.59 Å². The van der Waals surface area contributed by atoms with Crippen LogP contribution in [0.4, 0.5) is 10.8 Å². The molecule has 6 heteroatoms. The van der Waals surface area contributed by atoms with E-state index < -0.39 is 5.41 Å². The molecule has 0 radical (unpaired) electrons. The molecule has 214 valence electrons. The van der Waals surface area contributed by atoms with Crippen LogP contribution in [0.2, 0.25) is 0 Å². The van der Waals surface area contributed by atoms with Crippen LogP contribution in [-0.2, 0) is 4.79 Å². The van der Waals surface area contributed by atoms with Crippen LogP contribution >= 0.6 is 11.3 Å². The Morgan fingerprint density at radius 3 is 2.18 bits per heavy atom. The Bertz CT molecular complexity index is 2050. The van der Waals surface area contributed by atoms with E-state index in [1.54, 1.807) is 6.07 Å². The molecule has 1 unspecified atom stereocenters. The maximum atomic E-state index is 14.0. The summed E-state index contributed by atoms with van der Waals surface area (Å²) in [7, 11) is 0. The highest BCUT2D eigenvalue weighted by Crippen LogP contribution is 2.61. The van der Waals surface area contributed by atoms with Crippen LogP contribution in [0.5, 0.6) is 0 Å². The molecule has 0 aliphatic heterocycles. The van der Waals surface area contributed by atoms with Gasteiger partial charge in [-0.05, 0) is 70.6 Å². The Morgan fingerprint density at radius 2 is 1.43 bits per heavy atom. The number of hydrogen-bond donors (Lipinski definition) is 2. The normalized spacial score (nSPS) is 19.7. The number of carbonyl (C=O) groups excluding carboxylic acids is 2. The number of rotatable bonds is 5. The van der Waals surface area contributed by atoms with Gasteiger partial charge in [-0.1, -0.05) is 91.0 Å². The summed E-state index contributed by atoms with van der Waals surface area (Å²) in [6.45, 7) is 2.10. The fourth-order valence-electron chi connectivity index (χ4n) is 7.18. The van der Waals surface area contributed by atoms with Crippen molar-refractivity contribution in [3.63, 3.8) is 0 Å². The van der Waals surface area contributed by atoms with Gasteiger partial charge in [-0.3, -0.25) is 9.59 Å². The Hall–Kier alpha value is -5.07. The van der Waals surface area contributed by atoms with Crippen molar-refractivity contribution in [2.75, 3.05) is 10.6 Å². The molecule has 3 aliphatic carbocycles. The second-order valence-corrected chi connectivity index (χ2v) is 12.8. The summed E-state index contributed by atoms with van der Waals surface area (Å²) in [6.07, 6.45) is 0.754. The van der Waals surface area contributed by atoms with Gasteiger partial charge < -0.3 is 10.6 Å². The Labute approximate surface area is 259 Å². The largest absolute Gasteiger partial charge is 0.322 e. The number of nitrogens with zero attached hydrogens (tertiary/aromatic N) is 1. The monoisotopic (exact) mass is 591 g/mol. The minimum Gasteiger partial charge on any atom is -0.322 e. The Morgan fingerprint density at radius 1 is 0.750 bits per heavy atom. The molecular formula is C38H29N3O2S. The van der Waals surface area contributed by atoms with Crippen LogP contribution in [0.1, 0.15) is 57.8 Å². The minimum absolute atomic E-state index is 0.0130. The summed E-state index contributed by atoms with van der Waals surface area (Å²) < 4.78 is 0. The molecule has 2 amide bonds. The van der Waals surface area contributed by atoms with E-state index in [2.05, 4.69) is 66.1 Å². The summed E-state index contributed by atoms with van der Waals surface area (Å²) in [6, 6.07) is 38.5. The molecule has 1 heterocycles. The second kappa shape index (κ2) is 10.3. The van der Waals surface area contributed by atoms with Crippen molar-refractivity contribution in [1.29, 1.82) is 0 Å². The molecule has 6 aromatic rings. The van der Waals surface area contributed by atoms with Gasteiger partial charge >= 0.3 is 0 Å². The third-order valence-corrected chi connectivity index (χ3v) is 10.1. The van der Waals surface area contributed by atoms with Gasteiger partial charge in [0.2, 0.25) is 5.91 Å². The van der Waals surface area contributed by atoms with Crippen LogP contribution in [0, 0.1) is 5.41 Å². The van der Waals surface area contributed by atoms with E-state index in [-0.39, 0.29) is 23.7 Å². The zero-order valence-corrected chi connectivity index (χ0v) is 24.9. The first-order chi connectivity index (χ1) is 21.5. The fourth-order valence-corrected chi connectivity index (χ4v) is 7.90. The van der Waals surface area contributed by atoms with E-state index in [4.69, 9.17) is 4.98 Å². The number of nitrogens with one attached hydrogen (secondary N) is 2. The first-order valence-corrected chi connectivity index (χ1v) is 15.7. The maximum absolute atomic E-state index is 14.0. The quantitative estimate of drug-likeness (QED) is 0.210. The number of amides is 2. The molecule has 9 rings (SSSR count). The van der Waals surface area contributed by atoms with E-state index >= 15 is 0 Å². The number of fused-ring (bicyclic) bond motifs is 2. The molecule has 0 saturated heterocycles. The van der Waals surface area contributed by atoms with Gasteiger partial charge in [0.1, 0.15) is 0 Å². The minimum atomic E-state index is -0.611. The van der Waals surface area contributed by atoms with Gasteiger partial charge in [-0.25, -0.2) is 4.98 Å². The molecule has 1 atom stereocenters. The predicted molar refractivity (Wildman–Crippen MR) is 177 cm³/mol. The molecule has 1 aromatic heterocycles. The average Bonchev–Trinajstić information content (AvgIpc) is 3.53. The van der Waals surface area contributed by atoms with Crippen molar-refractivity contribution in [1.82, 2.24) is 4.98 Å². The molecule has 0 fully saturated rings. The molecule has 0 saturated carbocycles. The van der Waals surface area contributed by atoms with Gasteiger partial charge in [0.15, 0.2) is 5.13 Å². The summed E-state index contributed by atoms with van der Waals surface area (Å²) in [5.41, 5.74) is 7.38. The van der Waals surface area contributed by atoms with E-state index in [9.17, 15) is 9.59 Å². The summed E-state index contributed by atoms with van der Waals surface area (Å²) in [5, 5.41) is 10.9. The standard InChI is InChI=1S/C38H29N3O2S/c1-38(21-32-28-13-4-6-15-30(28)34(38)31-16-7-5-14-29(31)32)36(43)41-37-40-33(22-44-37)25-11-8-12-26(19-25)35(42)39-27-18-17-23-9-2-3-10-24(23)20-27/h2-20,22,32,34H,21H2,1H3,(H,39,42)(H,40,41,43). The van der Waals surface area contributed by atoms with Gasteiger partial charge in [-0.2, -0.15) is 0 Å². The number of thiazole rings is 1. The lowest BCUT2D eigenvalue weighted by Gasteiger charge is -2.50. The third-order valence-electron chi connectivity index (χ3n) is 9.30. The third kappa shape index (κ3) is 4.33. The summed E-state index contributed by atoms with van der Waals surface area (Å²) in [5.74, 6) is -0.0247. The van der Waals surface area contributed by atoms with E-state index in [1.165, 1.54) is 33.6 Å². The van der Waals surface area contributed by atoms with Crippen LogP contribution in [-0.4, -0.2) is 16.8 Å². The summed E-state index contributed by atoms with van der Waals surface area (Å²) >= 11 is 1.40. The molecule has 5 aromatic carbocycles. The smallest absolute Gasteiger partial charge is 0.255 e. The van der Waals surface area contributed by atoms with Crippen LogP contribution in [0.15, 0.2) is 121 Å². The highest BCUT2D eigenvalue weighted by atomic mass is 32.1. The van der Waals surface area contributed by atoms with Crippen LogP contribution in [0.3, 0.4) is 0 Å². The van der Waals surface area contributed by atoms with Gasteiger partial charge in [0, 0.05) is 34.0 Å². The van der Waals surface area contributed by atoms with E-state index in [0.717, 1.165) is 34.1 Å². The topological polar surface area (TPSA) is 71.1 Å². The highest BCUT2D eigenvalue weighted by Gasteiger charge is 2.54. The van der Waals surface area contributed by atoms with Gasteiger partial charge in [-0.15, -0.1) is 11.3 Å². The lowest BCUT2D eigenvalue weighted by molar-refractivity contribution is -0.126. The van der Waals surface area contributed by atoms with E-state index in [1.807, 2.05) is 66.0 Å². The Kier molecular flexibility index (Phi) is 6.20. The first kappa shape index (κ1) is 26.5. The lowest BCUT2D eigenvalue weighted by atomic mass is 9.52. The molecule has 2 bridgehead atoms. The number of hydrogen-bond acceptors (Lipinski definition) is 4. The lowest BCUT2D eigenvalue weighted by Crippen LogP contribution is -2.47. The van der Waals surface area contributed by atoms with Crippen LogP contribution in [0.25, 0.3) is 22.0 Å². The average molecular weight is 592 g/mol. The van der Waals surface area contributed by atoms with Crippen molar-refractivity contribution >= 4 is 44.7 Å². The van der Waals surface area contributed by atoms with Crippen molar-refractivity contribution in [2.45, 2.75) is 25.2 Å². The SMILES string of the molecule is CC1(C(=O)Nc2nc(-c3cccc(C(=O)Nc4ccc5ccccc5c4)c3)cs2)CC2c3ccccc3C1c1ccccc12. The van der Waals surface area contributed by atoms with Gasteiger partial charge in [0.05, 0.1) is 11.1 Å². The number of benzene rings is 5. The molecular weight excluding hydrogens is 563 g/mol. The Balaban J connectivity index is 1.02. The molecule has 0 spiro atoms. The zero-order chi connectivity index (χ0) is 29.8. The number of carbonyl (C=O) groups is 2. The first-order valence-electron chi connectivity index (χ1n) is 14.8. The van der Waals surface area contributed by atoms with Gasteiger partial charge in [0.25, 0.3) is 5.91 Å². The molecule has 5 nitrogen and oxygen atoms in total. The predicted octanol–water partition coefficient (Wildman–Crippen LogP) is 8.84. The van der Waals surface area contributed by atoms with Crippen molar-refractivity contribution in [3.8, 4) is 11.3 Å². The molecule has 2 N–H and O–H groups in total. The maximum Gasteiger partial charge on any atom is 0.255 e. The summed E-state index contributed by atoms with van der Waals surface area (Å²) in [4.78, 5) is 32.0.